The summed E-state index contributed by atoms with van der Waals surface area (Å²) in [5, 5.41) is 6.51. The molecule has 0 saturated heterocycles. The zero-order chi connectivity index (χ0) is 16.8. The summed E-state index contributed by atoms with van der Waals surface area (Å²) in [6.45, 7) is 1.41. The Morgan fingerprint density at radius 1 is 1.09 bits per heavy atom. The summed E-state index contributed by atoms with van der Waals surface area (Å²) in [4.78, 5) is 23.7. The molecule has 0 heterocycles. The van der Waals surface area contributed by atoms with Crippen molar-refractivity contribution in [3.63, 3.8) is 0 Å². The molecule has 120 valence electrons. The first-order valence-electron chi connectivity index (χ1n) is 7.02. The highest BCUT2D eigenvalue weighted by Crippen LogP contribution is 2.24. The minimum absolute atomic E-state index is 0.0745. The summed E-state index contributed by atoms with van der Waals surface area (Å²) in [5.41, 5.74) is 1.30. The minimum Gasteiger partial charge on any atom is -0.349 e. The summed E-state index contributed by atoms with van der Waals surface area (Å²) >= 11 is 12.0. The predicted octanol–water partition coefficient (Wildman–Crippen LogP) is 4.20. The third kappa shape index (κ3) is 5.27. The molecule has 6 heteroatoms. The SMILES string of the molecule is CC(=O)NC(CC(=O)Nc1ccccc1Cl)c1cccc(Cl)c1. The minimum atomic E-state index is -0.464. The Morgan fingerprint density at radius 2 is 1.83 bits per heavy atom. The quantitative estimate of drug-likeness (QED) is 0.848. The van der Waals surface area contributed by atoms with Crippen molar-refractivity contribution in [2.75, 3.05) is 5.32 Å². The molecule has 1 atom stereocenters. The number of hydrogen-bond acceptors (Lipinski definition) is 2. The molecule has 23 heavy (non-hydrogen) atoms. The molecule has 0 fully saturated rings. The average molecular weight is 351 g/mol. The lowest BCUT2D eigenvalue weighted by molar-refractivity contribution is -0.120. The first-order valence-corrected chi connectivity index (χ1v) is 7.78. The summed E-state index contributed by atoms with van der Waals surface area (Å²) in [7, 11) is 0. The van der Waals surface area contributed by atoms with Crippen LogP contribution in [-0.4, -0.2) is 11.8 Å². The molecule has 4 nitrogen and oxygen atoms in total. The van der Waals surface area contributed by atoms with Gasteiger partial charge in [-0.3, -0.25) is 9.59 Å². The van der Waals surface area contributed by atoms with Crippen molar-refractivity contribution in [2.45, 2.75) is 19.4 Å². The van der Waals surface area contributed by atoms with E-state index in [2.05, 4.69) is 10.6 Å². The molecule has 0 aliphatic rings. The first-order chi connectivity index (χ1) is 11.0. The average Bonchev–Trinajstić information content (AvgIpc) is 2.48. The molecule has 2 rings (SSSR count). The third-order valence-corrected chi connectivity index (χ3v) is 3.73. The molecule has 2 amide bonds. The van der Waals surface area contributed by atoms with Crippen LogP contribution in [0.4, 0.5) is 5.69 Å². The number of amides is 2. The van der Waals surface area contributed by atoms with Crippen molar-refractivity contribution in [1.29, 1.82) is 0 Å². The van der Waals surface area contributed by atoms with E-state index >= 15 is 0 Å². The van der Waals surface area contributed by atoms with Crippen LogP contribution < -0.4 is 10.6 Å². The largest absolute Gasteiger partial charge is 0.349 e. The van der Waals surface area contributed by atoms with E-state index in [0.717, 1.165) is 5.56 Å². The van der Waals surface area contributed by atoms with Gasteiger partial charge in [-0.25, -0.2) is 0 Å². The van der Waals surface area contributed by atoms with Crippen LogP contribution in [0.3, 0.4) is 0 Å². The lowest BCUT2D eigenvalue weighted by atomic mass is 10.0. The molecule has 0 aliphatic heterocycles. The Morgan fingerprint density at radius 3 is 2.48 bits per heavy atom. The maximum atomic E-state index is 12.3. The maximum Gasteiger partial charge on any atom is 0.226 e. The van der Waals surface area contributed by atoms with E-state index in [4.69, 9.17) is 23.2 Å². The van der Waals surface area contributed by atoms with E-state index in [1.807, 2.05) is 6.07 Å². The monoisotopic (exact) mass is 350 g/mol. The van der Waals surface area contributed by atoms with Gasteiger partial charge in [0.2, 0.25) is 11.8 Å². The van der Waals surface area contributed by atoms with Crippen LogP contribution in [0, 0.1) is 0 Å². The molecule has 0 radical (unpaired) electrons. The Kier molecular flexibility index (Phi) is 6.02. The topological polar surface area (TPSA) is 58.2 Å². The van der Waals surface area contributed by atoms with Gasteiger partial charge in [-0.05, 0) is 29.8 Å². The van der Waals surface area contributed by atoms with Crippen LogP contribution in [0.1, 0.15) is 24.9 Å². The zero-order valence-corrected chi connectivity index (χ0v) is 14.0. The van der Waals surface area contributed by atoms with Gasteiger partial charge in [0.1, 0.15) is 0 Å². The van der Waals surface area contributed by atoms with E-state index in [9.17, 15) is 9.59 Å². The van der Waals surface area contributed by atoms with Gasteiger partial charge in [0.25, 0.3) is 0 Å². The number of rotatable bonds is 5. The van der Waals surface area contributed by atoms with Crippen molar-refractivity contribution in [3.8, 4) is 0 Å². The molecule has 0 spiro atoms. The molecule has 0 bridgehead atoms. The lowest BCUT2D eigenvalue weighted by Gasteiger charge is -2.18. The van der Waals surface area contributed by atoms with Crippen molar-refractivity contribution >= 4 is 40.7 Å². The van der Waals surface area contributed by atoms with Gasteiger partial charge in [-0.15, -0.1) is 0 Å². The van der Waals surface area contributed by atoms with Gasteiger partial charge >= 0.3 is 0 Å². The third-order valence-electron chi connectivity index (χ3n) is 3.17. The highest BCUT2D eigenvalue weighted by atomic mass is 35.5. The second-order valence-corrected chi connectivity index (χ2v) is 5.88. The van der Waals surface area contributed by atoms with Crippen LogP contribution >= 0.6 is 23.2 Å². The first kappa shape index (κ1) is 17.3. The van der Waals surface area contributed by atoms with Crippen LogP contribution in [0.2, 0.25) is 10.0 Å². The Balaban J connectivity index is 2.13. The molecule has 0 aliphatic carbocycles. The van der Waals surface area contributed by atoms with E-state index in [0.29, 0.717) is 15.7 Å². The van der Waals surface area contributed by atoms with E-state index in [1.165, 1.54) is 6.92 Å². The number of carbonyl (C=O) groups is 2. The standard InChI is InChI=1S/C17H16Cl2N2O2/c1-11(22)20-16(12-5-4-6-13(18)9-12)10-17(23)21-15-8-3-2-7-14(15)19/h2-9,16H,10H2,1H3,(H,20,22)(H,21,23). The van der Waals surface area contributed by atoms with Crippen LogP contribution in [-0.2, 0) is 9.59 Å². The Bertz CT molecular complexity index is 719. The number of para-hydroxylation sites is 1. The van der Waals surface area contributed by atoms with Crippen molar-refractivity contribution in [1.82, 2.24) is 5.32 Å². The lowest BCUT2D eigenvalue weighted by Crippen LogP contribution is -2.29. The van der Waals surface area contributed by atoms with Gasteiger partial charge in [-0.1, -0.05) is 47.5 Å². The van der Waals surface area contributed by atoms with Crippen LogP contribution in [0.25, 0.3) is 0 Å². The van der Waals surface area contributed by atoms with Gasteiger partial charge < -0.3 is 10.6 Å². The number of carbonyl (C=O) groups excluding carboxylic acids is 2. The zero-order valence-electron chi connectivity index (χ0n) is 12.5. The summed E-state index contributed by atoms with van der Waals surface area (Å²) < 4.78 is 0. The predicted molar refractivity (Wildman–Crippen MR) is 92.7 cm³/mol. The maximum absolute atomic E-state index is 12.3. The Labute approximate surface area is 144 Å². The highest BCUT2D eigenvalue weighted by molar-refractivity contribution is 6.33. The van der Waals surface area contributed by atoms with Gasteiger partial charge in [0.15, 0.2) is 0 Å². The summed E-state index contributed by atoms with van der Waals surface area (Å²) in [6, 6.07) is 13.6. The second-order valence-electron chi connectivity index (χ2n) is 5.04. The normalized spacial score (nSPS) is 11.6. The molecule has 0 aromatic heterocycles. The number of benzene rings is 2. The molecule has 2 aromatic carbocycles. The highest BCUT2D eigenvalue weighted by Gasteiger charge is 2.18. The number of nitrogens with one attached hydrogen (secondary N) is 2. The summed E-state index contributed by atoms with van der Waals surface area (Å²) in [5.74, 6) is -0.475. The van der Waals surface area contributed by atoms with E-state index in [-0.39, 0.29) is 18.2 Å². The molecule has 2 N–H and O–H groups in total. The number of halogens is 2. The molecular weight excluding hydrogens is 335 g/mol. The molecule has 0 saturated carbocycles. The van der Waals surface area contributed by atoms with Crippen molar-refractivity contribution in [3.05, 3.63) is 64.1 Å². The smallest absolute Gasteiger partial charge is 0.226 e. The fourth-order valence-electron chi connectivity index (χ4n) is 2.17. The fourth-order valence-corrected chi connectivity index (χ4v) is 2.55. The number of hydrogen-bond donors (Lipinski definition) is 2. The molecule has 1 unspecified atom stereocenters. The van der Waals surface area contributed by atoms with Crippen molar-refractivity contribution in [2.24, 2.45) is 0 Å². The van der Waals surface area contributed by atoms with Crippen molar-refractivity contribution < 1.29 is 9.59 Å². The molecule has 2 aromatic rings. The Hall–Kier alpha value is -2.04. The van der Waals surface area contributed by atoms with E-state index in [1.54, 1.807) is 42.5 Å². The number of anilines is 1. The van der Waals surface area contributed by atoms with Gasteiger partial charge in [0.05, 0.1) is 23.2 Å². The van der Waals surface area contributed by atoms with Gasteiger partial charge in [-0.2, -0.15) is 0 Å². The van der Waals surface area contributed by atoms with Gasteiger partial charge in [0, 0.05) is 11.9 Å². The van der Waals surface area contributed by atoms with Crippen LogP contribution in [0.5, 0.6) is 0 Å². The summed E-state index contributed by atoms with van der Waals surface area (Å²) in [6.07, 6.45) is 0.0745. The van der Waals surface area contributed by atoms with E-state index < -0.39 is 6.04 Å². The fraction of sp³-hybridized carbons (Fsp3) is 0.176. The second kappa shape index (κ2) is 7.99. The van der Waals surface area contributed by atoms with Crippen LogP contribution in [0.15, 0.2) is 48.5 Å². The molecular formula is C17H16Cl2N2O2.